The summed E-state index contributed by atoms with van der Waals surface area (Å²) in [5, 5.41) is 10.7. The van der Waals surface area contributed by atoms with Gasteiger partial charge in [0.2, 0.25) is 10.0 Å². The predicted octanol–water partition coefficient (Wildman–Crippen LogP) is 0.816. The maximum absolute atomic E-state index is 13.4. The van der Waals surface area contributed by atoms with Gasteiger partial charge in [-0.05, 0) is 6.07 Å². The Morgan fingerprint density at radius 1 is 1.20 bits per heavy atom. The lowest BCUT2D eigenvalue weighted by molar-refractivity contribution is -0.385. The molecule has 0 atom stereocenters. The van der Waals surface area contributed by atoms with Crippen LogP contribution in [0.5, 0.6) is 0 Å². The quantitative estimate of drug-likeness (QED) is 0.609. The van der Waals surface area contributed by atoms with Gasteiger partial charge < -0.3 is 4.90 Å². The maximum Gasteiger partial charge on any atom is 0.274 e. The summed E-state index contributed by atoms with van der Waals surface area (Å²) in [5.74, 6) is -0.681. The van der Waals surface area contributed by atoms with Gasteiger partial charge in [-0.1, -0.05) is 0 Å². The zero-order chi connectivity index (χ0) is 14.9. The molecule has 0 spiro atoms. The summed E-state index contributed by atoms with van der Waals surface area (Å²) in [6.45, 7) is 1.30. The second-order valence-corrected chi connectivity index (χ2v) is 6.56. The van der Waals surface area contributed by atoms with E-state index in [2.05, 4.69) is 0 Å². The number of hydrogen-bond donors (Lipinski definition) is 0. The van der Waals surface area contributed by atoms with Crippen molar-refractivity contribution in [2.24, 2.45) is 0 Å². The largest absolute Gasteiger partial charge is 0.369 e. The molecule has 2 rings (SSSR count). The molecule has 0 saturated carbocycles. The van der Waals surface area contributed by atoms with Gasteiger partial charge in [0.15, 0.2) is 0 Å². The summed E-state index contributed by atoms with van der Waals surface area (Å²) in [5.41, 5.74) is 0.0791. The predicted molar refractivity (Wildman–Crippen MR) is 71.7 cm³/mol. The molecule has 0 radical (unpaired) electrons. The van der Waals surface area contributed by atoms with Gasteiger partial charge in [0.25, 0.3) is 5.69 Å². The standard InChI is InChI=1S/C11H14FN3O4S/c1-20(18,19)14-4-2-13(3-5-14)10-6-9(12)7-11(8-10)15(16)17/h6-8H,2-5H2,1H3. The van der Waals surface area contributed by atoms with Crippen molar-refractivity contribution in [2.75, 3.05) is 37.3 Å². The lowest BCUT2D eigenvalue weighted by Gasteiger charge is -2.34. The first-order chi connectivity index (χ1) is 9.27. The minimum absolute atomic E-state index is 0.281. The van der Waals surface area contributed by atoms with Crippen LogP contribution in [0.4, 0.5) is 15.8 Å². The Bertz CT molecular complexity index is 627. The van der Waals surface area contributed by atoms with E-state index in [9.17, 15) is 22.9 Å². The first-order valence-corrected chi connectivity index (χ1v) is 7.77. The van der Waals surface area contributed by atoms with Gasteiger partial charge in [0.1, 0.15) is 5.82 Å². The number of piperazine rings is 1. The molecular formula is C11H14FN3O4S. The molecule has 1 heterocycles. The van der Waals surface area contributed by atoms with E-state index >= 15 is 0 Å². The number of benzene rings is 1. The molecule has 0 N–H and O–H groups in total. The molecule has 0 bridgehead atoms. The number of nitro groups is 1. The van der Waals surface area contributed by atoms with Crippen LogP contribution >= 0.6 is 0 Å². The Hall–Kier alpha value is -1.74. The van der Waals surface area contributed by atoms with Crippen molar-refractivity contribution in [2.45, 2.75) is 0 Å². The van der Waals surface area contributed by atoms with E-state index in [0.29, 0.717) is 18.8 Å². The third kappa shape index (κ3) is 3.23. The highest BCUT2D eigenvalue weighted by molar-refractivity contribution is 7.88. The van der Waals surface area contributed by atoms with Crippen LogP contribution in [0, 0.1) is 15.9 Å². The summed E-state index contributed by atoms with van der Waals surface area (Å²) in [6, 6.07) is 3.36. The van der Waals surface area contributed by atoms with Gasteiger partial charge in [0.05, 0.1) is 17.2 Å². The van der Waals surface area contributed by atoms with Crippen LogP contribution < -0.4 is 4.90 Å². The van der Waals surface area contributed by atoms with Gasteiger partial charge in [-0.15, -0.1) is 0 Å². The maximum atomic E-state index is 13.4. The van der Waals surface area contributed by atoms with Gasteiger partial charge >= 0.3 is 0 Å². The van der Waals surface area contributed by atoms with Crippen molar-refractivity contribution in [1.82, 2.24) is 4.31 Å². The van der Waals surface area contributed by atoms with Crippen LogP contribution in [0.15, 0.2) is 18.2 Å². The van der Waals surface area contributed by atoms with E-state index in [0.717, 1.165) is 12.3 Å². The second kappa shape index (κ2) is 5.33. The molecule has 1 aromatic carbocycles. The lowest BCUT2D eigenvalue weighted by atomic mass is 10.2. The highest BCUT2D eigenvalue weighted by Crippen LogP contribution is 2.24. The molecule has 0 aliphatic carbocycles. The molecular weight excluding hydrogens is 289 g/mol. The van der Waals surface area contributed by atoms with Crippen molar-refractivity contribution in [3.05, 3.63) is 34.1 Å². The summed E-state index contributed by atoms with van der Waals surface area (Å²) in [7, 11) is -3.24. The fourth-order valence-electron chi connectivity index (χ4n) is 2.12. The Balaban J connectivity index is 2.17. The van der Waals surface area contributed by atoms with E-state index in [4.69, 9.17) is 0 Å². The third-order valence-corrected chi connectivity index (χ3v) is 4.45. The number of sulfonamides is 1. The molecule has 0 unspecified atom stereocenters. The monoisotopic (exact) mass is 303 g/mol. The van der Waals surface area contributed by atoms with Crippen LogP contribution in [0.3, 0.4) is 0 Å². The third-order valence-electron chi connectivity index (χ3n) is 3.15. The average molecular weight is 303 g/mol. The van der Waals surface area contributed by atoms with Crippen molar-refractivity contribution < 1.29 is 17.7 Å². The molecule has 1 aromatic rings. The summed E-state index contributed by atoms with van der Waals surface area (Å²) < 4.78 is 37.5. The number of non-ortho nitro benzene ring substituents is 1. The van der Waals surface area contributed by atoms with E-state index < -0.39 is 20.8 Å². The van der Waals surface area contributed by atoms with Crippen LogP contribution in [0.25, 0.3) is 0 Å². The van der Waals surface area contributed by atoms with Crippen LogP contribution in [-0.4, -0.2) is 50.1 Å². The number of nitro benzene ring substituents is 1. The number of nitrogens with zero attached hydrogens (tertiary/aromatic N) is 3. The van der Waals surface area contributed by atoms with Gasteiger partial charge in [-0.2, -0.15) is 4.31 Å². The van der Waals surface area contributed by atoms with E-state index in [1.54, 1.807) is 4.90 Å². The highest BCUT2D eigenvalue weighted by Gasteiger charge is 2.24. The van der Waals surface area contributed by atoms with E-state index in [1.807, 2.05) is 0 Å². The van der Waals surface area contributed by atoms with Crippen molar-refractivity contribution in [3.63, 3.8) is 0 Å². The first kappa shape index (κ1) is 14.7. The molecule has 1 fully saturated rings. The number of rotatable bonds is 3. The molecule has 20 heavy (non-hydrogen) atoms. The van der Waals surface area contributed by atoms with Crippen LogP contribution in [0.2, 0.25) is 0 Å². The molecule has 0 aromatic heterocycles. The van der Waals surface area contributed by atoms with E-state index in [-0.39, 0.29) is 18.8 Å². The second-order valence-electron chi connectivity index (χ2n) is 4.57. The Labute approximate surface area is 115 Å². The minimum atomic E-state index is -3.24. The highest BCUT2D eigenvalue weighted by atomic mass is 32.2. The zero-order valence-electron chi connectivity index (χ0n) is 10.8. The molecule has 110 valence electrons. The Morgan fingerprint density at radius 2 is 1.80 bits per heavy atom. The SMILES string of the molecule is CS(=O)(=O)N1CCN(c2cc(F)cc([N+](=O)[O-])c2)CC1. The first-order valence-electron chi connectivity index (χ1n) is 5.92. The number of anilines is 1. The molecule has 0 amide bonds. The molecule has 9 heteroatoms. The van der Waals surface area contributed by atoms with Crippen molar-refractivity contribution >= 4 is 21.4 Å². The molecule has 1 aliphatic heterocycles. The van der Waals surface area contributed by atoms with Gasteiger partial charge in [-0.25, -0.2) is 12.8 Å². The minimum Gasteiger partial charge on any atom is -0.369 e. The van der Waals surface area contributed by atoms with Gasteiger partial charge in [0, 0.05) is 37.9 Å². The van der Waals surface area contributed by atoms with Gasteiger partial charge in [-0.3, -0.25) is 10.1 Å². The zero-order valence-corrected chi connectivity index (χ0v) is 11.6. The fraction of sp³-hybridized carbons (Fsp3) is 0.455. The molecule has 1 aliphatic rings. The number of hydrogen-bond acceptors (Lipinski definition) is 5. The van der Waals surface area contributed by atoms with Crippen molar-refractivity contribution in [3.8, 4) is 0 Å². The van der Waals surface area contributed by atoms with E-state index in [1.165, 1.54) is 16.4 Å². The van der Waals surface area contributed by atoms with Crippen LogP contribution in [0.1, 0.15) is 0 Å². The summed E-state index contributed by atoms with van der Waals surface area (Å²) >= 11 is 0. The molecule has 1 saturated heterocycles. The topological polar surface area (TPSA) is 83.8 Å². The Morgan fingerprint density at radius 3 is 2.30 bits per heavy atom. The molecule has 7 nitrogen and oxygen atoms in total. The fourth-order valence-corrected chi connectivity index (χ4v) is 2.95. The normalized spacial score (nSPS) is 17.2. The van der Waals surface area contributed by atoms with Crippen LogP contribution in [-0.2, 0) is 10.0 Å². The Kier molecular flexibility index (Phi) is 3.91. The summed E-state index contributed by atoms with van der Waals surface area (Å²) in [4.78, 5) is 11.8. The summed E-state index contributed by atoms with van der Waals surface area (Å²) in [6.07, 6.45) is 1.13. The number of halogens is 1. The smallest absolute Gasteiger partial charge is 0.274 e. The average Bonchev–Trinajstić information content (AvgIpc) is 2.37. The lowest BCUT2D eigenvalue weighted by Crippen LogP contribution is -2.48. The van der Waals surface area contributed by atoms with Crippen molar-refractivity contribution in [1.29, 1.82) is 0 Å².